The molecule has 4 nitrogen and oxygen atoms in total. The summed E-state index contributed by atoms with van der Waals surface area (Å²) in [5.41, 5.74) is 2.59. The molecule has 2 fully saturated rings. The summed E-state index contributed by atoms with van der Waals surface area (Å²) >= 11 is 0. The van der Waals surface area contributed by atoms with Crippen molar-refractivity contribution in [1.29, 1.82) is 0 Å². The van der Waals surface area contributed by atoms with Gasteiger partial charge >= 0.3 is 0 Å². The molecule has 124 valence electrons. The van der Waals surface area contributed by atoms with Crippen LogP contribution < -0.4 is 0 Å². The van der Waals surface area contributed by atoms with Gasteiger partial charge in [-0.1, -0.05) is 48.0 Å². The molecule has 4 rings (SSSR count). The van der Waals surface area contributed by atoms with E-state index in [-0.39, 0.29) is 18.8 Å². The second kappa shape index (κ2) is 6.04. The van der Waals surface area contributed by atoms with Gasteiger partial charge in [0.1, 0.15) is 18.5 Å². The standard InChI is InChI=1S/C20H21NO3/c1-15-7-9-16(10-8-15)19(22)21-12-11-20(17-5-3-2-4-6-17)18(13-21)23-14-24-20/h2-10,18H,11-14H2,1H3. The van der Waals surface area contributed by atoms with E-state index in [0.29, 0.717) is 13.1 Å². The molecule has 24 heavy (non-hydrogen) atoms. The number of hydrogen-bond donors (Lipinski definition) is 0. The van der Waals surface area contributed by atoms with Crippen LogP contribution in [0.25, 0.3) is 0 Å². The van der Waals surface area contributed by atoms with E-state index in [2.05, 4.69) is 12.1 Å². The van der Waals surface area contributed by atoms with Crippen molar-refractivity contribution in [1.82, 2.24) is 4.90 Å². The van der Waals surface area contributed by atoms with E-state index in [9.17, 15) is 4.79 Å². The Morgan fingerprint density at radius 2 is 1.88 bits per heavy atom. The molecule has 2 atom stereocenters. The molecule has 0 spiro atoms. The van der Waals surface area contributed by atoms with Crippen LogP contribution >= 0.6 is 0 Å². The highest BCUT2D eigenvalue weighted by Crippen LogP contribution is 2.42. The molecule has 0 saturated carbocycles. The fourth-order valence-corrected chi connectivity index (χ4v) is 3.67. The minimum absolute atomic E-state index is 0.0622. The maximum Gasteiger partial charge on any atom is 0.253 e. The summed E-state index contributed by atoms with van der Waals surface area (Å²) in [6.45, 7) is 3.53. The molecule has 2 aliphatic heterocycles. The zero-order valence-corrected chi connectivity index (χ0v) is 13.8. The van der Waals surface area contributed by atoms with Crippen LogP contribution in [0.15, 0.2) is 54.6 Å². The zero-order chi connectivity index (χ0) is 16.6. The summed E-state index contributed by atoms with van der Waals surface area (Å²) in [7, 11) is 0. The third-order valence-corrected chi connectivity index (χ3v) is 5.09. The number of carbonyl (C=O) groups excluding carboxylic acids is 1. The first-order valence-electron chi connectivity index (χ1n) is 8.36. The second-order valence-electron chi connectivity index (χ2n) is 6.54. The summed E-state index contributed by atoms with van der Waals surface area (Å²) in [4.78, 5) is 14.7. The number of ether oxygens (including phenoxy) is 2. The smallest absolute Gasteiger partial charge is 0.253 e. The van der Waals surface area contributed by atoms with Crippen molar-refractivity contribution in [3.8, 4) is 0 Å². The zero-order valence-electron chi connectivity index (χ0n) is 13.8. The van der Waals surface area contributed by atoms with Crippen LogP contribution in [0.3, 0.4) is 0 Å². The lowest BCUT2D eigenvalue weighted by Crippen LogP contribution is -2.53. The van der Waals surface area contributed by atoms with E-state index >= 15 is 0 Å². The molecule has 2 saturated heterocycles. The minimum atomic E-state index is -0.425. The van der Waals surface area contributed by atoms with Gasteiger partial charge in [0.25, 0.3) is 5.91 Å². The number of amides is 1. The fraction of sp³-hybridized carbons (Fsp3) is 0.350. The van der Waals surface area contributed by atoms with E-state index in [4.69, 9.17) is 9.47 Å². The lowest BCUT2D eigenvalue weighted by atomic mass is 9.82. The molecule has 0 N–H and O–H groups in total. The summed E-state index contributed by atoms with van der Waals surface area (Å²) in [5.74, 6) is 0.0622. The predicted molar refractivity (Wildman–Crippen MR) is 90.6 cm³/mol. The number of aryl methyl sites for hydroxylation is 1. The quantitative estimate of drug-likeness (QED) is 0.852. The minimum Gasteiger partial charge on any atom is -0.347 e. The van der Waals surface area contributed by atoms with Gasteiger partial charge in [-0.15, -0.1) is 0 Å². The summed E-state index contributed by atoms with van der Waals surface area (Å²) < 4.78 is 11.9. The van der Waals surface area contributed by atoms with Crippen LogP contribution in [-0.4, -0.2) is 36.8 Å². The predicted octanol–water partition coefficient (Wildman–Crippen LogP) is 3.11. The lowest BCUT2D eigenvalue weighted by Gasteiger charge is -2.42. The number of rotatable bonds is 2. The van der Waals surface area contributed by atoms with Crippen molar-refractivity contribution in [3.63, 3.8) is 0 Å². The molecule has 2 aromatic carbocycles. The molecule has 4 heteroatoms. The molecule has 2 unspecified atom stereocenters. The summed E-state index contributed by atoms with van der Waals surface area (Å²) in [6.07, 6.45) is 0.627. The maximum atomic E-state index is 12.8. The molecule has 2 heterocycles. The molecule has 2 aromatic rings. The first-order chi connectivity index (χ1) is 11.7. The van der Waals surface area contributed by atoms with Crippen molar-refractivity contribution in [3.05, 3.63) is 71.3 Å². The van der Waals surface area contributed by atoms with Crippen LogP contribution in [-0.2, 0) is 15.1 Å². The number of carbonyl (C=O) groups is 1. The first-order valence-corrected chi connectivity index (χ1v) is 8.36. The molecule has 0 radical (unpaired) electrons. The second-order valence-corrected chi connectivity index (χ2v) is 6.54. The number of hydrogen-bond acceptors (Lipinski definition) is 3. The topological polar surface area (TPSA) is 38.8 Å². The molecule has 0 aromatic heterocycles. The monoisotopic (exact) mass is 323 g/mol. The van der Waals surface area contributed by atoms with E-state index in [0.717, 1.165) is 23.1 Å². The summed E-state index contributed by atoms with van der Waals surface area (Å²) in [5, 5.41) is 0. The van der Waals surface area contributed by atoms with E-state index in [1.54, 1.807) is 0 Å². The van der Waals surface area contributed by atoms with Gasteiger partial charge in [0.05, 0.1) is 6.54 Å². The van der Waals surface area contributed by atoms with Crippen molar-refractivity contribution >= 4 is 5.91 Å². The SMILES string of the molecule is Cc1ccc(C(=O)N2CCC3(c4ccccc4)OCOC3C2)cc1. The largest absolute Gasteiger partial charge is 0.347 e. The van der Waals surface area contributed by atoms with Crippen molar-refractivity contribution < 1.29 is 14.3 Å². The average Bonchev–Trinajstić information content (AvgIpc) is 3.07. The maximum absolute atomic E-state index is 12.8. The molecule has 0 aliphatic carbocycles. The Kier molecular flexibility index (Phi) is 3.87. The highest BCUT2D eigenvalue weighted by Gasteiger charge is 2.51. The van der Waals surface area contributed by atoms with Gasteiger partial charge < -0.3 is 14.4 Å². The van der Waals surface area contributed by atoms with Crippen molar-refractivity contribution in [2.24, 2.45) is 0 Å². The normalized spacial score (nSPS) is 26.2. The van der Waals surface area contributed by atoms with Crippen LogP contribution in [0.2, 0.25) is 0 Å². The van der Waals surface area contributed by atoms with Crippen LogP contribution in [0.1, 0.15) is 27.9 Å². The van der Waals surface area contributed by atoms with Crippen molar-refractivity contribution in [2.45, 2.75) is 25.0 Å². The van der Waals surface area contributed by atoms with Gasteiger partial charge in [-0.3, -0.25) is 4.79 Å². The van der Waals surface area contributed by atoms with Crippen LogP contribution in [0, 0.1) is 6.92 Å². The van der Waals surface area contributed by atoms with E-state index in [1.807, 2.05) is 54.3 Å². The Hall–Kier alpha value is -2.17. The number of benzene rings is 2. The molecule has 2 aliphatic rings. The van der Waals surface area contributed by atoms with Gasteiger partial charge in [-0.05, 0) is 24.6 Å². The highest BCUT2D eigenvalue weighted by molar-refractivity contribution is 5.94. The highest BCUT2D eigenvalue weighted by atomic mass is 16.7. The van der Waals surface area contributed by atoms with Crippen molar-refractivity contribution in [2.75, 3.05) is 19.9 Å². The third-order valence-electron chi connectivity index (χ3n) is 5.09. The lowest BCUT2D eigenvalue weighted by molar-refractivity contribution is -0.0439. The Morgan fingerprint density at radius 1 is 1.12 bits per heavy atom. The molecular formula is C20H21NO3. The number of fused-ring (bicyclic) bond motifs is 1. The van der Waals surface area contributed by atoms with Crippen LogP contribution in [0.4, 0.5) is 0 Å². The fourth-order valence-electron chi connectivity index (χ4n) is 3.67. The van der Waals surface area contributed by atoms with E-state index < -0.39 is 5.60 Å². The average molecular weight is 323 g/mol. The molecular weight excluding hydrogens is 302 g/mol. The molecule has 1 amide bonds. The summed E-state index contributed by atoms with van der Waals surface area (Å²) in [6, 6.07) is 17.9. The van der Waals surface area contributed by atoms with Gasteiger partial charge in [0.15, 0.2) is 0 Å². The Bertz CT molecular complexity index is 728. The van der Waals surface area contributed by atoms with Gasteiger partial charge in [0.2, 0.25) is 0 Å². The van der Waals surface area contributed by atoms with E-state index in [1.165, 1.54) is 0 Å². The number of nitrogens with zero attached hydrogens (tertiary/aromatic N) is 1. The Morgan fingerprint density at radius 3 is 2.62 bits per heavy atom. The van der Waals surface area contributed by atoms with Gasteiger partial charge in [-0.25, -0.2) is 0 Å². The van der Waals surface area contributed by atoms with Crippen LogP contribution in [0.5, 0.6) is 0 Å². The number of likely N-dealkylation sites (tertiary alicyclic amines) is 1. The number of piperidine rings is 1. The Balaban J connectivity index is 1.56. The first kappa shape index (κ1) is 15.4. The van der Waals surface area contributed by atoms with Gasteiger partial charge in [-0.2, -0.15) is 0 Å². The molecule has 0 bridgehead atoms. The third kappa shape index (κ3) is 2.52. The van der Waals surface area contributed by atoms with Gasteiger partial charge in [0, 0.05) is 18.5 Å². The Labute approximate surface area is 142 Å².